The summed E-state index contributed by atoms with van der Waals surface area (Å²) in [6.45, 7) is 2.48. The van der Waals surface area contributed by atoms with Gasteiger partial charge in [0.1, 0.15) is 11.5 Å². The van der Waals surface area contributed by atoms with E-state index < -0.39 is 0 Å². The van der Waals surface area contributed by atoms with Crippen molar-refractivity contribution < 1.29 is 18.8 Å². The average Bonchev–Trinajstić information content (AvgIpc) is 3.21. The minimum absolute atomic E-state index is 0.0278. The number of hydrogen-bond acceptors (Lipinski definition) is 7. The van der Waals surface area contributed by atoms with Crippen LogP contribution in [0, 0.1) is 0 Å². The Labute approximate surface area is 175 Å². The highest BCUT2D eigenvalue weighted by molar-refractivity contribution is 5.75. The molecule has 0 radical (unpaired) electrons. The number of rotatable bonds is 11. The van der Waals surface area contributed by atoms with E-state index in [1.54, 1.807) is 25.4 Å². The third-order valence-electron chi connectivity index (χ3n) is 4.33. The molecule has 2 heterocycles. The number of benzene rings is 1. The molecule has 2 aromatic heterocycles. The molecule has 0 unspecified atom stereocenters. The number of amides is 1. The number of nitrogens with one attached hydrogen (secondary N) is 1. The highest BCUT2D eigenvalue weighted by Gasteiger charge is 2.08. The predicted octanol–water partition coefficient (Wildman–Crippen LogP) is 3.86. The first-order valence-electron chi connectivity index (χ1n) is 10.0. The Morgan fingerprint density at radius 2 is 2.03 bits per heavy atom. The van der Waals surface area contributed by atoms with Crippen molar-refractivity contribution in [2.75, 3.05) is 7.11 Å². The highest BCUT2D eigenvalue weighted by atomic mass is 16.5. The van der Waals surface area contributed by atoms with E-state index in [9.17, 15) is 4.79 Å². The summed E-state index contributed by atoms with van der Waals surface area (Å²) in [6.07, 6.45) is 5.12. The van der Waals surface area contributed by atoms with E-state index in [0.717, 1.165) is 24.2 Å². The van der Waals surface area contributed by atoms with Crippen LogP contribution in [0.5, 0.6) is 17.4 Å². The molecule has 1 amide bonds. The smallest absolute Gasteiger partial charge is 0.226 e. The standard InChI is InChI=1S/C22H26N4O4/c1-3-6-19-25-22(30-26-19)10-5-9-20(27)23-14-16-11-12-21(24-15-16)29-18-8-4-7-17(13-18)28-2/h4,7-8,11-13,15H,3,5-6,9-10,14H2,1-2H3,(H,23,27). The minimum atomic E-state index is -0.0278. The predicted molar refractivity (Wildman–Crippen MR) is 110 cm³/mol. The maximum absolute atomic E-state index is 12.0. The van der Waals surface area contributed by atoms with Crippen molar-refractivity contribution in [2.45, 2.75) is 45.6 Å². The van der Waals surface area contributed by atoms with Gasteiger partial charge in [0, 0.05) is 44.1 Å². The van der Waals surface area contributed by atoms with Gasteiger partial charge < -0.3 is 19.3 Å². The van der Waals surface area contributed by atoms with Gasteiger partial charge in [-0.2, -0.15) is 4.98 Å². The number of nitrogens with zero attached hydrogens (tertiary/aromatic N) is 3. The number of methoxy groups -OCH3 is 1. The molecule has 0 bridgehead atoms. The van der Waals surface area contributed by atoms with Crippen molar-refractivity contribution in [3.63, 3.8) is 0 Å². The Hall–Kier alpha value is -3.42. The van der Waals surface area contributed by atoms with Gasteiger partial charge in [0.15, 0.2) is 5.82 Å². The first-order chi connectivity index (χ1) is 14.7. The van der Waals surface area contributed by atoms with Gasteiger partial charge in [-0.15, -0.1) is 0 Å². The molecule has 0 spiro atoms. The van der Waals surface area contributed by atoms with Crippen molar-refractivity contribution in [1.82, 2.24) is 20.4 Å². The molecule has 0 fully saturated rings. The van der Waals surface area contributed by atoms with E-state index in [1.165, 1.54) is 0 Å². The molecule has 30 heavy (non-hydrogen) atoms. The molecule has 8 heteroatoms. The van der Waals surface area contributed by atoms with Gasteiger partial charge in [0.05, 0.1) is 7.11 Å². The van der Waals surface area contributed by atoms with Crippen LogP contribution >= 0.6 is 0 Å². The topological polar surface area (TPSA) is 99.4 Å². The van der Waals surface area contributed by atoms with Crippen molar-refractivity contribution in [3.05, 3.63) is 59.9 Å². The largest absolute Gasteiger partial charge is 0.497 e. The van der Waals surface area contributed by atoms with Gasteiger partial charge in [0.2, 0.25) is 17.7 Å². The highest BCUT2D eigenvalue weighted by Crippen LogP contribution is 2.23. The second-order valence-corrected chi connectivity index (χ2v) is 6.77. The van der Waals surface area contributed by atoms with E-state index in [4.69, 9.17) is 14.0 Å². The summed E-state index contributed by atoms with van der Waals surface area (Å²) in [5.74, 6) is 3.11. The SMILES string of the molecule is CCCc1noc(CCCC(=O)NCc2ccc(Oc3cccc(OC)c3)nc2)n1. The second kappa shape index (κ2) is 10.9. The van der Waals surface area contributed by atoms with Crippen LogP contribution in [0.25, 0.3) is 0 Å². The van der Waals surface area contributed by atoms with E-state index in [-0.39, 0.29) is 5.91 Å². The summed E-state index contributed by atoms with van der Waals surface area (Å²) < 4.78 is 16.1. The molecule has 0 aliphatic rings. The van der Waals surface area contributed by atoms with E-state index in [0.29, 0.717) is 49.1 Å². The fourth-order valence-corrected chi connectivity index (χ4v) is 2.77. The number of pyridine rings is 1. The molecule has 0 atom stereocenters. The molecule has 158 valence electrons. The molecule has 1 N–H and O–H groups in total. The summed E-state index contributed by atoms with van der Waals surface area (Å²) in [5, 5.41) is 6.80. The molecule has 8 nitrogen and oxygen atoms in total. The van der Waals surface area contributed by atoms with Crippen molar-refractivity contribution in [2.24, 2.45) is 0 Å². The molecular weight excluding hydrogens is 384 g/mol. The summed E-state index contributed by atoms with van der Waals surface area (Å²) in [5.41, 5.74) is 0.891. The second-order valence-electron chi connectivity index (χ2n) is 6.77. The Morgan fingerprint density at radius 3 is 2.80 bits per heavy atom. The first kappa shape index (κ1) is 21.3. The number of ether oxygens (including phenoxy) is 2. The lowest BCUT2D eigenvalue weighted by Crippen LogP contribution is -2.22. The summed E-state index contributed by atoms with van der Waals surface area (Å²) >= 11 is 0. The maximum Gasteiger partial charge on any atom is 0.226 e. The monoisotopic (exact) mass is 410 g/mol. The molecular formula is C22H26N4O4. The fraction of sp³-hybridized carbons (Fsp3) is 0.364. The van der Waals surface area contributed by atoms with E-state index in [1.807, 2.05) is 24.3 Å². The van der Waals surface area contributed by atoms with E-state index in [2.05, 4.69) is 27.4 Å². The van der Waals surface area contributed by atoms with Gasteiger partial charge in [0.25, 0.3) is 0 Å². The normalized spacial score (nSPS) is 10.6. The molecule has 0 aliphatic heterocycles. The van der Waals surface area contributed by atoms with Crippen LogP contribution in [0.3, 0.4) is 0 Å². The van der Waals surface area contributed by atoms with Gasteiger partial charge >= 0.3 is 0 Å². The molecule has 0 saturated carbocycles. The third-order valence-corrected chi connectivity index (χ3v) is 4.33. The number of carbonyl (C=O) groups excluding carboxylic acids is 1. The zero-order chi connectivity index (χ0) is 21.2. The minimum Gasteiger partial charge on any atom is -0.497 e. The zero-order valence-electron chi connectivity index (χ0n) is 17.3. The quantitative estimate of drug-likeness (QED) is 0.512. The van der Waals surface area contributed by atoms with Crippen LogP contribution in [0.15, 0.2) is 47.1 Å². The summed E-state index contributed by atoms with van der Waals surface area (Å²) in [4.78, 5) is 20.6. The third kappa shape index (κ3) is 6.58. The molecule has 1 aromatic carbocycles. The number of carbonyl (C=O) groups is 1. The lowest BCUT2D eigenvalue weighted by Gasteiger charge is -2.08. The summed E-state index contributed by atoms with van der Waals surface area (Å²) in [7, 11) is 1.61. The van der Waals surface area contributed by atoms with Crippen LogP contribution in [0.1, 0.15) is 43.5 Å². The molecule has 0 saturated heterocycles. The average molecular weight is 410 g/mol. The molecule has 0 aliphatic carbocycles. The van der Waals surface area contributed by atoms with Crippen LogP contribution in [0.2, 0.25) is 0 Å². The van der Waals surface area contributed by atoms with Crippen molar-refractivity contribution >= 4 is 5.91 Å². The van der Waals surface area contributed by atoms with E-state index >= 15 is 0 Å². The zero-order valence-corrected chi connectivity index (χ0v) is 17.3. The Balaban J connectivity index is 1.39. The summed E-state index contributed by atoms with van der Waals surface area (Å²) in [6, 6.07) is 10.9. The first-order valence-corrected chi connectivity index (χ1v) is 10.0. The Kier molecular flexibility index (Phi) is 7.77. The van der Waals surface area contributed by atoms with Gasteiger partial charge in [-0.05, 0) is 30.5 Å². The van der Waals surface area contributed by atoms with Gasteiger partial charge in [-0.25, -0.2) is 4.98 Å². The van der Waals surface area contributed by atoms with Gasteiger partial charge in [-0.3, -0.25) is 4.79 Å². The maximum atomic E-state index is 12.0. The Bertz CT molecular complexity index is 940. The van der Waals surface area contributed by atoms with Gasteiger partial charge in [-0.1, -0.05) is 24.2 Å². The van der Waals surface area contributed by atoms with Crippen LogP contribution in [0.4, 0.5) is 0 Å². The Morgan fingerprint density at radius 1 is 1.17 bits per heavy atom. The van der Waals surface area contributed by atoms with Crippen molar-refractivity contribution in [1.29, 1.82) is 0 Å². The van der Waals surface area contributed by atoms with Crippen LogP contribution in [-0.2, 0) is 24.2 Å². The molecule has 3 aromatic rings. The van der Waals surface area contributed by atoms with Crippen LogP contribution in [-0.4, -0.2) is 28.1 Å². The van der Waals surface area contributed by atoms with Crippen LogP contribution < -0.4 is 14.8 Å². The van der Waals surface area contributed by atoms with Crippen molar-refractivity contribution in [3.8, 4) is 17.4 Å². The lowest BCUT2D eigenvalue weighted by atomic mass is 10.2. The number of aryl methyl sites for hydroxylation is 2. The fourth-order valence-electron chi connectivity index (χ4n) is 2.77. The molecule has 3 rings (SSSR count). The number of hydrogen-bond donors (Lipinski definition) is 1. The lowest BCUT2D eigenvalue weighted by molar-refractivity contribution is -0.121. The number of aromatic nitrogens is 3.